The maximum absolute atomic E-state index is 3.42. The molecule has 1 N–H and O–H groups in total. The first kappa shape index (κ1) is 14.4. The van der Waals surface area contributed by atoms with Gasteiger partial charge in [0.05, 0.1) is 0 Å². The summed E-state index contributed by atoms with van der Waals surface area (Å²) in [5, 5.41) is 3.42. The number of hydrogen-bond donors (Lipinski definition) is 1. The summed E-state index contributed by atoms with van der Waals surface area (Å²) in [5.74, 6) is 0. The minimum absolute atomic E-state index is 1.08. The van der Waals surface area contributed by atoms with Gasteiger partial charge in [-0.25, -0.2) is 0 Å². The predicted octanol–water partition coefficient (Wildman–Crippen LogP) is 2.43. The molecule has 3 nitrogen and oxygen atoms in total. The average Bonchev–Trinajstić information content (AvgIpc) is 2.84. The predicted molar refractivity (Wildman–Crippen MR) is 82.8 cm³/mol. The van der Waals surface area contributed by atoms with Crippen molar-refractivity contribution in [2.75, 3.05) is 45.6 Å². The Morgan fingerprint density at radius 1 is 1.21 bits per heavy atom. The molecule has 0 saturated heterocycles. The molecule has 1 aromatic rings. The van der Waals surface area contributed by atoms with Gasteiger partial charge in [-0.05, 0) is 63.8 Å². The molecule has 106 valence electrons. The standard InChI is InChI=1S/C16H27N3/c1-4-19(11-5-10-18(2)3)13-14-6-7-16-15(12-14)8-9-17-16/h6-7,12,17H,4-5,8-11,13H2,1-3H3. The van der Waals surface area contributed by atoms with Crippen LogP contribution in [0.5, 0.6) is 0 Å². The van der Waals surface area contributed by atoms with Gasteiger partial charge in [0.2, 0.25) is 0 Å². The second kappa shape index (κ2) is 6.92. The van der Waals surface area contributed by atoms with Crippen LogP contribution in [0.4, 0.5) is 5.69 Å². The molecule has 0 aliphatic carbocycles. The van der Waals surface area contributed by atoms with Crippen molar-refractivity contribution in [1.82, 2.24) is 9.80 Å². The molecule has 0 radical (unpaired) electrons. The number of fused-ring (bicyclic) bond motifs is 1. The fourth-order valence-corrected chi connectivity index (χ4v) is 2.67. The summed E-state index contributed by atoms with van der Waals surface area (Å²) in [6.45, 7) is 7.91. The zero-order chi connectivity index (χ0) is 13.7. The zero-order valence-corrected chi connectivity index (χ0v) is 12.6. The molecular formula is C16H27N3. The minimum Gasteiger partial charge on any atom is -0.384 e. The van der Waals surface area contributed by atoms with Crippen molar-refractivity contribution < 1.29 is 0 Å². The fourth-order valence-electron chi connectivity index (χ4n) is 2.67. The van der Waals surface area contributed by atoms with Gasteiger partial charge in [0.1, 0.15) is 0 Å². The average molecular weight is 261 g/mol. The maximum Gasteiger partial charge on any atom is 0.0373 e. The van der Waals surface area contributed by atoms with E-state index in [-0.39, 0.29) is 0 Å². The Balaban J connectivity index is 1.87. The maximum atomic E-state index is 3.42. The highest BCUT2D eigenvalue weighted by molar-refractivity contribution is 5.56. The molecule has 0 bridgehead atoms. The second-order valence-corrected chi connectivity index (χ2v) is 5.69. The van der Waals surface area contributed by atoms with Crippen LogP contribution in [0, 0.1) is 0 Å². The largest absolute Gasteiger partial charge is 0.384 e. The van der Waals surface area contributed by atoms with Crippen LogP contribution in [-0.4, -0.2) is 50.1 Å². The molecule has 0 amide bonds. The normalized spacial score (nSPS) is 13.9. The summed E-state index contributed by atoms with van der Waals surface area (Å²) in [6, 6.07) is 6.89. The van der Waals surface area contributed by atoms with Crippen LogP contribution in [0.3, 0.4) is 0 Å². The Labute approximate surface area is 117 Å². The van der Waals surface area contributed by atoms with E-state index in [2.05, 4.69) is 54.3 Å². The molecular weight excluding hydrogens is 234 g/mol. The summed E-state index contributed by atoms with van der Waals surface area (Å²) < 4.78 is 0. The van der Waals surface area contributed by atoms with Crippen molar-refractivity contribution in [3.05, 3.63) is 29.3 Å². The molecule has 19 heavy (non-hydrogen) atoms. The van der Waals surface area contributed by atoms with Crippen LogP contribution in [0.15, 0.2) is 18.2 Å². The third-order valence-corrected chi connectivity index (χ3v) is 3.81. The van der Waals surface area contributed by atoms with Gasteiger partial charge in [-0.1, -0.05) is 19.1 Å². The Hall–Kier alpha value is -1.06. The quantitative estimate of drug-likeness (QED) is 0.813. The first-order chi connectivity index (χ1) is 9.19. The van der Waals surface area contributed by atoms with Gasteiger partial charge in [0.15, 0.2) is 0 Å². The van der Waals surface area contributed by atoms with Crippen molar-refractivity contribution in [2.45, 2.75) is 26.3 Å². The molecule has 0 unspecified atom stereocenters. The first-order valence-corrected chi connectivity index (χ1v) is 7.42. The summed E-state index contributed by atoms with van der Waals surface area (Å²) in [7, 11) is 4.29. The molecule has 1 aromatic carbocycles. The van der Waals surface area contributed by atoms with Crippen LogP contribution in [-0.2, 0) is 13.0 Å². The molecule has 0 saturated carbocycles. The number of rotatable bonds is 7. The lowest BCUT2D eigenvalue weighted by atomic mass is 10.1. The van der Waals surface area contributed by atoms with E-state index in [4.69, 9.17) is 0 Å². The van der Waals surface area contributed by atoms with Crippen molar-refractivity contribution in [2.24, 2.45) is 0 Å². The summed E-state index contributed by atoms with van der Waals surface area (Å²) in [5.41, 5.74) is 4.27. The molecule has 0 atom stereocenters. The van der Waals surface area contributed by atoms with Crippen molar-refractivity contribution in [3.63, 3.8) is 0 Å². The van der Waals surface area contributed by atoms with Crippen molar-refractivity contribution >= 4 is 5.69 Å². The fraction of sp³-hybridized carbons (Fsp3) is 0.625. The van der Waals surface area contributed by atoms with E-state index < -0.39 is 0 Å². The molecule has 0 aromatic heterocycles. The summed E-state index contributed by atoms with van der Waals surface area (Å²) in [6.07, 6.45) is 2.42. The highest BCUT2D eigenvalue weighted by atomic mass is 15.1. The zero-order valence-electron chi connectivity index (χ0n) is 12.6. The van der Waals surface area contributed by atoms with E-state index in [1.807, 2.05) is 0 Å². The Kier molecular flexibility index (Phi) is 5.23. The molecule has 3 heteroatoms. The highest BCUT2D eigenvalue weighted by Gasteiger charge is 2.11. The summed E-state index contributed by atoms with van der Waals surface area (Å²) in [4.78, 5) is 4.79. The van der Waals surface area contributed by atoms with Crippen LogP contribution in [0.2, 0.25) is 0 Å². The topological polar surface area (TPSA) is 18.5 Å². The van der Waals surface area contributed by atoms with Crippen LogP contribution >= 0.6 is 0 Å². The van der Waals surface area contributed by atoms with Gasteiger partial charge in [-0.3, -0.25) is 4.90 Å². The van der Waals surface area contributed by atoms with Crippen molar-refractivity contribution in [1.29, 1.82) is 0 Å². The Morgan fingerprint density at radius 3 is 2.79 bits per heavy atom. The Bertz CT molecular complexity index is 401. The first-order valence-electron chi connectivity index (χ1n) is 7.42. The van der Waals surface area contributed by atoms with E-state index in [0.29, 0.717) is 0 Å². The van der Waals surface area contributed by atoms with Crippen LogP contribution < -0.4 is 5.32 Å². The minimum atomic E-state index is 1.08. The lowest BCUT2D eigenvalue weighted by Crippen LogP contribution is -2.26. The van der Waals surface area contributed by atoms with Crippen LogP contribution in [0.1, 0.15) is 24.5 Å². The van der Waals surface area contributed by atoms with E-state index in [1.54, 1.807) is 0 Å². The summed E-state index contributed by atoms with van der Waals surface area (Å²) >= 11 is 0. The molecule has 1 heterocycles. The lowest BCUT2D eigenvalue weighted by Gasteiger charge is -2.21. The van der Waals surface area contributed by atoms with Gasteiger partial charge in [-0.2, -0.15) is 0 Å². The van der Waals surface area contributed by atoms with E-state index >= 15 is 0 Å². The monoisotopic (exact) mass is 261 g/mol. The molecule has 2 rings (SSSR count). The van der Waals surface area contributed by atoms with E-state index in [9.17, 15) is 0 Å². The van der Waals surface area contributed by atoms with Gasteiger partial charge in [-0.15, -0.1) is 0 Å². The van der Waals surface area contributed by atoms with Gasteiger partial charge >= 0.3 is 0 Å². The molecule has 0 fully saturated rings. The van der Waals surface area contributed by atoms with Gasteiger partial charge in [0.25, 0.3) is 0 Å². The number of nitrogens with zero attached hydrogens (tertiary/aromatic N) is 2. The van der Waals surface area contributed by atoms with Gasteiger partial charge in [0, 0.05) is 18.8 Å². The molecule has 1 aliphatic rings. The Morgan fingerprint density at radius 2 is 2.05 bits per heavy atom. The van der Waals surface area contributed by atoms with Crippen molar-refractivity contribution in [3.8, 4) is 0 Å². The van der Waals surface area contributed by atoms with E-state index in [1.165, 1.54) is 42.7 Å². The SMILES string of the molecule is CCN(CCCN(C)C)Cc1ccc2c(c1)CCN2. The van der Waals surface area contributed by atoms with Crippen LogP contribution in [0.25, 0.3) is 0 Å². The number of hydrogen-bond acceptors (Lipinski definition) is 3. The number of anilines is 1. The molecule has 0 spiro atoms. The highest BCUT2D eigenvalue weighted by Crippen LogP contribution is 2.23. The smallest absolute Gasteiger partial charge is 0.0373 e. The second-order valence-electron chi connectivity index (χ2n) is 5.69. The van der Waals surface area contributed by atoms with Gasteiger partial charge < -0.3 is 10.2 Å². The third kappa shape index (κ3) is 4.22. The van der Waals surface area contributed by atoms with E-state index in [0.717, 1.165) is 19.6 Å². The third-order valence-electron chi connectivity index (χ3n) is 3.81. The number of benzene rings is 1. The lowest BCUT2D eigenvalue weighted by molar-refractivity contribution is 0.259. The molecule has 1 aliphatic heterocycles. The number of nitrogens with one attached hydrogen (secondary N) is 1.